The van der Waals surface area contributed by atoms with Crippen molar-refractivity contribution in [1.29, 1.82) is 0 Å². The number of benzene rings is 1. The monoisotopic (exact) mass is 391 g/mol. The van der Waals surface area contributed by atoms with Crippen LogP contribution in [0.15, 0.2) is 55.0 Å². The first-order chi connectivity index (χ1) is 14.1. The number of nitrogens with zero attached hydrogens (tertiary/aromatic N) is 4. The van der Waals surface area contributed by atoms with Crippen LogP contribution in [-0.4, -0.2) is 63.7 Å². The van der Waals surface area contributed by atoms with Gasteiger partial charge >= 0.3 is 0 Å². The van der Waals surface area contributed by atoms with Gasteiger partial charge in [-0.2, -0.15) is 0 Å². The van der Waals surface area contributed by atoms with Crippen molar-refractivity contribution in [3.05, 3.63) is 66.2 Å². The molecule has 29 heavy (non-hydrogen) atoms. The van der Waals surface area contributed by atoms with Crippen LogP contribution in [0.3, 0.4) is 0 Å². The molecule has 7 nitrogen and oxygen atoms in total. The number of carbonyl (C=O) groups is 2. The van der Waals surface area contributed by atoms with Crippen LogP contribution in [0.25, 0.3) is 5.52 Å². The molecule has 0 bridgehead atoms. The molecular weight excluding hydrogens is 366 g/mol. The van der Waals surface area contributed by atoms with Gasteiger partial charge in [-0.25, -0.2) is 4.98 Å². The summed E-state index contributed by atoms with van der Waals surface area (Å²) in [5.74, 6) is -0.103. The van der Waals surface area contributed by atoms with Crippen LogP contribution in [-0.2, 0) is 11.2 Å². The lowest BCUT2D eigenvalue weighted by Crippen LogP contribution is -2.48. The summed E-state index contributed by atoms with van der Waals surface area (Å²) in [7, 11) is 0. The van der Waals surface area contributed by atoms with E-state index in [0.717, 1.165) is 43.8 Å². The van der Waals surface area contributed by atoms with Crippen molar-refractivity contribution >= 4 is 23.0 Å². The molecular formula is C22H25N5O2. The number of aromatic nitrogens is 2. The first-order valence-electron chi connectivity index (χ1n) is 9.95. The molecule has 0 unspecified atom stereocenters. The molecule has 3 heterocycles. The summed E-state index contributed by atoms with van der Waals surface area (Å²) in [4.78, 5) is 33.5. The molecule has 0 saturated carbocycles. The lowest BCUT2D eigenvalue weighted by molar-refractivity contribution is -0.132. The molecule has 7 heteroatoms. The van der Waals surface area contributed by atoms with E-state index in [1.165, 1.54) is 0 Å². The van der Waals surface area contributed by atoms with E-state index in [4.69, 9.17) is 0 Å². The van der Waals surface area contributed by atoms with Crippen molar-refractivity contribution in [2.45, 2.75) is 13.3 Å². The van der Waals surface area contributed by atoms with Crippen LogP contribution in [0.1, 0.15) is 23.0 Å². The van der Waals surface area contributed by atoms with Gasteiger partial charge in [0, 0.05) is 43.6 Å². The summed E-state index contributed by atoms with van der Waals surface area (Å²) >= 11 is 0. The summed E-state index contributed by atoms with van der Waals surface area (Å²) in [5, 5.41) is 2.86. The minimum absolute atomic E-state index is 0.155. The summed E-state index contributed by atoms with van der Waals surface area (Å²) < 4.78 is 1.85. The first-order valence-corrected chi connectivity index (χ1v) is 9.95. The summed E-state index contributed by atoms with van der Waals surface area (Å²) in [6, 6.07) is 13.0. The summed E-state index contributed by atoms with van der Waals surface area (Å²) in [5.41, 5.74) is 2.90. The zero-order chi connectivity index (χ0) is 20.2. The van der Waals surface area contributed by atoms with Gasteiger partial charge in [-0.3, -0.25) is 9.59 Å². The highest BCUT2D eigenvalue weighted by Gasteiger charge is 2.20. The molecule has 4 rings (SSSR count). The van der Waals surface area contributed by atoms with Crippen molar-refractivity contribution in [3.63, 3.8) is 0 Å². The van der Waals surface area contributed by atoms with E-state index in [2.05, 4.69) is 22.1 Å². The Balaban J connectivity index is 1.34. The van der Waals surface area contributed by atoms with Crippen molar-refractivity contribution in [3.8, 4) is 0 Å². The van der Waals surface area contributed by atoms with Gasteiger partial charge in [-0.15, -0.1) is 0 Å². The Morgan fingerprint density at radius 2 is 1.83 bits per heavy atom. The fraction of sp³-hybridized carbons (Fsp3) is 0.318. The summed E-state index contributed by atoms with van der Waals surface area (Å²) in [6.45, 7) is 6.64. The molecule has 3 aromatic rings. The Morgan fingerprint density at radius 3 is 2.55 bits per heavy atom. The Labute approximate surface area is 169 Å². The molecule has 2 amide bonds. The van der Waals surface area contributed by atoms with E-state index in [1.54, 1.807) is 12.4 Å². The lowest BCUT2D eigenvalue weighted by Gasteiger charge is -2.34. The van der Waals surface area contributed by atoms with Crippen molar-refractivity contribution in [1.82, 2.24) is 19.2 Å². The maximum absolute atomic E-state index is 12.5. The Morgan fingerprint density at radius 1 is 1.07 bits per heavy atom. The van der Waals surface area contributed by atoms with Crippen molar-refractivity contribution in [2.75, 3.05) is 38.0 Å². The van der Waals surface area contributed by atoms with E-state index in [9.17, 15) is 9.59 Å². The van der Waals surface area contributed by atoms with Crippen LogP contribution < -0.4 is 5.32 Å². The predicted molar refractivity (Wildman–Crippen MR) is 112 cm³/mol. The number of anilines is 1. The Bertz CT molecular complexity index is 1000. The number of hydrogen-bond acceptors (Lipinski definition) is 4. The van der Waals surface area contributed by atoms with Gasteiger partial charge in [-0.05, 0) is 42.4 Å². The van der Waals surface area contributed by atoms with E-state index in [0.29, 0.717) is 17.8 Å². The molecule has 150 valence electrons. The molecule has 0 radical (unpaired) electrons. The van der Waals surface area contributed by atoms with Crippen LogP contribution in [0.2, 0.25) is 0 Å². The normalized spacial score (nSPS) is 14.9. The van der Waals surface area contributed by atoms with Gasteiger partial charge in [0.2, 0.25) is 5.91 Å². The molecule has 1 aliphatic heterocycles. The fourth-order valence-electron chi connectivity index (χ4n) is 3.56. The highest BCUT2D eigenvalue weighted by molar-refractivity contribution is 6.03. The van der Waals surface area contributed by atoms with Crippen LogP contribution in [0.4, 0.5) is 5.69 Å². The van der Waals surface area contributed by atoms with Crippen LogP contribution >= 0.6 is 0 Å². The molecule has 1 N–H and O–H groups in total. The van der Waals surface area contributed by atoms with E-state index in [1.807, 2.05) is 51.9 Å². The van der Waals surface area contributed by atoms with E-state index in [-0.39, 0.29) is 11.8 Å². The van der Waals surface area contributed by atoms with Gasteiger partial charge in [0.1, 0.15) is 5.69 Å². The van der Waals surface area contributed by atoms with Crippen LogP contribution in [0, 0.1) is 0 Å². The second-order valence-electron chi connectivity index (χ2n) is 7.26. The van der Waals surface area contributed by atoms with Gasteiger partial charge in [0.25, 0.3) is 5.91 Å². The number of nitrogens with one attached hydrogen (secondary N) is 1. The average Bonchev–Trinajstić information content (AvgIpc) is 3.23. The van der Waals surface area contributed by atoms with Crippen molar-refractivity contribution in [2.24, 2.45) is 0 Å². The minimum Gasteiger partial charge on any atom is -0.340 e. The second kappa shape index (κ2) is 8.45. The van der Waals surface area contributed by atoms with Gasteiger partial charge in [-0.1, -0.05) is 19.1 Å². The quantitative estimate of drug-likeness (QED) is 0.725. The average molecular weight is 391 g/mol. The second-order valence-corrected chi connectivity index (χ2v) is 7.26. The standard InChI is InChI=1S/C22H25N5O2/c1-2-25-10-12-26(13-11-25)21(28)14-17-5-7-18(8-6-17)24-22(29)20-15-19-4-3-9-27(19)16-23-20/h3-9,15-16H,2,10-14H2,1H3,(H,24,29). The SMILES string of the molecule is CCN1CCN(C(=O)Cc2ccc(NC(=O)c3cc4cccn4cn3)cc2)CC1. The third kappa shape index (κ3) is 4.46. The Kier molecular flexibility index (Phi) is 5.57. The number of piperazine rings is 1. The zero-order valence-electron chi connectivity index (χ0n) is 16.5. The molecule has 0 atom stereocenters. The third-order valence-electron chi connectivity index (χ3n) is 5.39. The van der Waals surface area contributed by atoms with Gasteiger partial charge < -0.3 is 19.5 Å². The molecule has 0 spiro atoms. The smallest absolute Gasteiger partial charge is 0.274 e. The molecule has 2 aromatic heterocycles. The van der Waals surface area contributed by atoms with Crippen LogP contribution in [0.5, 0.6) is 0 Å². The Hall–Kier alpha value is -3.19. The number of carbonyl (C=O) groups excluding carboxylic acids is 2. The molecule has 0 aliphatic carbocycles. The predicted octanol–water partition coefficient (Wildman–Crippen LogP) is 2.29. The number of amides is 2. The highest BCUT2D eigenvalue weighted by atomic mass is 16.2. The largest absolute Gasteiger partial charge is 0.340 e. The maximum Gasteiger partial charge on any atom is 0.274 e. The molecule has 1 aromatic carbocycles. The number of likely N-dealkylation sites (N-methyl/N-ethyl adjacent to an activating group) is 1. The topological polar surface area (TPSA) is 70.0 Å². The van der Waals surface area contributed by atoms with Gasteiger partial charge in [0.05, 0.1) is 12.7 Å². The fourth-order valence-corrected chi connectivity index (χ4v) is 3.56. The lowest BCUT2D eigenvalue weighted by atomic mass is 10.1. The number of rotatable bonds is 5. The zero-order valence-corrected chi connectivity index (χ0v) is 16.5. The molecule has 1 aliphatic rings. The maximum atomic E-state index is 12.5. The van der Waals surface area contributed by atoms with E-state index < -0.39 is 0 Å². The summed E-state index contributed by atoms with van der Waals surface area (Å²) in [6.07, 6.45) is 3.89. The minimum atomic E-state index is -0.258. The number of fused-ring (bicyclic) bond motifs is 1. The van der Waals surface area contributed by atoms with E-state index >= 15 is 0 Å². The van der Waals surface area contributed by atoms with Gasteiger partial charge in [0.15, 0.2) is 0 Å². The third-order valence-corrected chi connectivity index (χ3v) is 5.39. The first kappa shape index (κ1) is 19.1. The molecule has 1 saturated heterocycles. The highest BCUT2D eigenvalue weighted by Crippen LogP contribution is 2.14. The van der Waals surface area contributed by atoms with Crippen molar-refractivity contribution < 1.29 is 9.59 Å². The number of hydrogen-bond donors (Lipinski definition) is 1. The molecule has 1 fully saturated rings.